The summed E-state index contributed by atoms with van der Waals surface area (Å²) in [4.78, 5) is 18.9. The van der Waals surface area contributed by atoms with Crippen molar-refractivity contribution in [3.8, 4) is 5.75 Å². The molecule has 0 unspecified atom stereocenters. The van der Waals surface area contributed by atoms with Gasteiger partial charge in [0.15, 0.2) is 12.4 Å². The number of aromatic nitrogens is 1. The van der Waals surface area contributed by atoms with Crippen molar-refractivity contribution in [1.29, 1.82) is 0 Å². The molecule has 0 bridgehead atoms. The second kappa shape index (κ2) is 8.19. The third-order valence-electron chi connectivity index (χ3n) is 4.32. The number of amides is 1. The molecule has 1 aliphatic rings. The SMILES string of the molecule is Cc1cc(C)c(OCC(=O)Nc2cccnc2N2CCOCC2)c(C)c1. The standard InChI is InChI=1S/C20H25N3O3/c1-14-11-15(2)19(16(3)12-14)26-13-18(24)22-17-5-4-6-21-20(17)23-7-9-25-10-8-23/h4-6,11-12H,7-10,13H2,1-3H3,(H,22,24). The molecule has 1 fully saturated rings. The van der Waals surface area contributed by atoms with Gasteiger partial charge in [-0.3, -0.25) is 4.79 Å². The first-order chi connectivity index (χ1) is 12.5. The van der Waals surface area contributed by atoms with Crippen molar-refractivity contribution in [2.75, 3.05) is 43.1 Å². The largest absolute Gasteiger partial charge is 0.483 e. The Hall–Kier alpha value is -2.60. The maximum absolute atomic E-state index is 12.4. The molecule has 0 radical (unpaired) electrons. The summed E-state index contributed by atoms with van der Waals surface area (Å²) in [6, 6.07) is 7.78. The van der Waals surface area contributed by atoms with Crippen molar-refractivity contribution in [3.63, 3.8) is 0 Å². The minimum atomic E-state index is -0.202. The minimum absolute atomic E-state index is 0.0395. The number of anilines is 2. The van der Waals surface area contributed by atoms with E-state index in [0.29, 0.717) is 18.9 Å². The molecule has 0 aliphatic carbocycles. The quantitative estimate of drug-likeness (QED) is 0.893. The number of aryl methyl sites for hydroxylation is 3. The van der Waals surface area contributed by atoms with Crippen molar-refractivity contribution in [2.24, 2.45) is 0 Å². The number of carbonyl (C=O) groups is 1. The number of hydrogen-bond donors (Lipinski definition) is 1. The molecule has 1 N–H and O–H groups in total. The molecule has 0 spiro atoms. The van der Waals surface area contributed by atoms with E-state index in [4.69, 9.17) is 9.47 Å². The molecule has 1 saturated heterocycles. The fraction of sp³-hybridized carbons (Fsp3) is 0.400. The van der Waals surface area contributed by atoms with Crippen LogP contribution in [0.2, 0.25) is 0 Å². The van der Waals surface area contributed by atoms with E-state index in [2.05, 4.69) is 27.3 Å². The molecule has 0 saturated carbocycles. The van der Waals surface area contributed by atoms with E-state index >= 15 is 0 Å². The van der Waals surface area contributed by atoms with Crippen LogP contribution < -0.4 is 15.0 Å². The van der Waals surface area contributed by atoms with Crippen molar-refractivity contribution in [3.05, 3.63) is 47.2 Å². The highest BCUT2D eigenvalue weighted by Gasteiger charge is 2.17. The molecule has 138 valence electrons. The van der Waals surface area contributed by atoms with Gasteiger partial charge in [-0.1, -0.05) is 17.7 Å². The van der Waals surface area contributed by atoms with Gasteiger partial charge in [0.1, 0.15) is 5.75 Å². The zero-order valence-corrected chi connectivity index (χ0v) is 15.5. The molecule has 26 heavy (non-hydrogen) atoms. The van der Waals surface area contributed by atoms with Crippen LogP contribution in [0.1, 0.15) is 16.7 Å². The second-order valence-electron chi connectivity index (χ2n) is 6.54. The number of rotatable bonds is 5. The third-order valence-corrected chi connectivity index (χ3v) is 4.32. The van der Waals surface area contributed by atoms with E-state index in [9.17, 15) is 4.79 Å². The molecular weight excluding hydrogens is 330 g/mol. The Kier molecular flexibility index (Phi) is 5.73. The Bertz CT molecular complexity index is 763. The zero-order valence-electron chi connectivity index (χ0n) is 15.5. The van der Waals surface area contributed by atoms with E-state index in [-0.39, 0.29) is 12.5 Å². The Labute approximate surface area is 154 Å². The van der Waals surface area contributed by atoms with Crippen LogP contribution in [0.3, 0.4) is 0 Å². The number of pyridine rings is 1. The van der Waals surface area contributed by atoms with Gasteiger partial charge in [0.2, 0.25) is 0 Å². The zero-order chi connectivity index (χ0) is 18.5. The number of benzene rings is 1. The summed E-state index contributed by atoms with van der Waals surface area (Å²) in [5.74, 6) is 1.34. The van der Waals surface area contributed by atoms with Crippen LogP contribution in [-0.4, -0.2) is 43.8 Å². The van der Waals surface area contributed by atoms with Gasteiger partial charge in [-0.2, -0.15) is 0 Å². The highest BCUT2D eigenvalue weighted by Crippen LogP contribution is 2.25. The summed E-state index contributed by atoms with van der Waals surface area (Å²) in [7, 11) is 0. The molecule has 0 atom stereocenters. The van der Waals surface area contributed by atoms with Gasteiger partial charge in [0.25, 0.3) is 5.91 Å². The molecule has 6 heteroatoms. The number of ether oxygens (including phenoxy) is 2. The fourth-order valence-electron chi connectivity index (χ4n) is 3.24. The van der Waals surface area contributed by atoms with Gasteiger partial charge in [0.05, 0.1) is 18.9 Å². The number of hydrogen-bond acceptors (Lipinski definition) is 5. The number of nitrogens with zero attached hydrogens (tertiary/aromatic N) is 2. The first-order valence-electron chi connectivity index (χ1n) is 8.83. The van der Waals surface area contributed by atoms with Crippen LogP contribution >= 0.6 is 0 Å². The molecular formula is C20H25N3O3. The number of carbonyl (C=O) groups excluding carboxylic acids is 1. The predicted molar refractivity (Wildman–Crippen MR) is 102 cm³/mol. The molecule has 1 aromatic carbocycles. The molecule has 2 aromatic rings. The first-order valence-corrected chi connectivity index (χ1v) is 8.83. The van der Waals surface area contributed by atoms with Crippen molar-refractivity contribution < 1.29 is 14.3 Å². The highest BCUT2D eigenvalue weighted by molar-refractivity contribution is 5.94. The van der Waals surface area contributed by atoms with Gasteiger partial charge in [-0.05, 0) is 44.0 Å². The monoisotopic (exact) mass is 355 g/mol. The lowest BCUT2D eigenvalue weighted by molar-refractivity contribution is -0.118. The average Bonchev–Trinajstić information content (AvgIpc) is 2.62. The van der Waals surface area contributed by atoms with Crippen molar-refractivity contribution in [2.45, 2.75) is 20.8 Å². The lowest BCUT2D eigenvalue weighted by atomic mass is 10.1. The van der Waals surface area contributed by atoms with Crippen LogP contribution in [0.15, 0.2) is 30.5 Å². The maximum Gasteiger partial charge on any atom is 0.262 e. The number of morpholine rings is 1. The first kappa shape index (κ1) is 18.2. The van der Waals surface area contributed by atoms with Gasteiger partial charge < -0.3 is 19.7 Å². The van der Waals surface area contributed by atoms with Crippen LogP contribution in [0.4, 0.5) is 11.5 Å². The number of nitrogens with one attached hydrogen (secondary N) is 1. The third kappa shape index (κ3) is 4.32. The minimum Gasteiger partial charge on any atom is -0.483 e. The predicted octanol–water partition coefficient (Wildman–Crippen LogP) is 2.86. The van der Waals surface area contributed by atoms with E-state index in [0.717, 1.165) is 35.8 Å². The Morgan fingerprint density at radius 3 is 2.62 bits per heavy atom. The van der Waals surface area contributed by atoms with Gasteiger partial charge >= 0.3 is 0 Å². The van der Waals surface area contributed by atoms with E-state index in [1.165, 1.54) is 5.56 Å². The van der Waals surface area contributed by atoms with Gasteiger partial charge in [0, 0.05) is 19.3 Å². The fourth-order valence-corrected chi connectivity index (χ4v) is 3.24. The summed E-state index contributed by atoms with van der Waals surface area (Å²) >= 11 is 0. The average molecular weight is 355 g/mol. The van der Waals surface area contributed by atoms with E-state index < -0.39 is 0 Å². The van der Waals surface area contributed by atoms with Crippen molar-refractivity contribution >= 4 is 17.4 Å². The van der Waals surface area contributed by atoms with E-state index in [1.54, 1.807) is 6.20 Å². The molecule has 6 nitrogen and oxygen atoms in total. The second-order valence-corrected chi connectivity index (χ2v) is 6.54. The summed E-state index contributed by atoms with van der Waals surface area (Å²) in [6.07, 6.45) is 1.73. The normalized spacial score (nSPS) is 14.2. The van der Waals surface area contributed by atoms with Crippen LogP contribution in [-0.2, 0) is 9.53 Å². The lowest BCUT2D eigenvalue weighted by Crippen LogP contribution is -2.37. The molecule has 1 aliphatic heterocycles. The Morgan fingerprint density at radius 1 is 1.23 bits per heavy atom. The van der Waals surface area contributed by atoms with Gasteiger partial charge in [-0.15, -0.1) is 0 Å². The summed E-state index contributed by atoms with van der Waals surface area (Å²) < 4.78 is 11.2. The molecule has 3 rings (SSSR count). The summed E-state index contributed by atoms with van der Waals surface area (Å²) in [5.41, 5.74) is 3.94. The van der Waals surface area contributed by atoms with Crippen molar-refractivity contribution in [1.82, 2.24) is 4.98 Å². The smallest absolute Gasteiger partial charge is 0.262 e. The van der Waals surface area contributed by atoms with Crippen LogP contribution in [0, 0.1) is 20.8 Å². The lowest BCUT2D eigenvalue weighted by Gasteiger charge is -2.29. The summed E-state index contributed by atoms with van der Waals surface area (Å²) in [6.45, 7) is 8.85. The molecule has 1 amide bonds. The topological polar surface area (TPSA) is 63.7 Å². The maximum atomic E-state index is 12.4. The summed E-state index contributed by atoms with van der Waals surface area (Å²) in [5, 5.41) is 2.92. The molecule has 2 heterocycles. The van der Waals surface area contributed by atoms with E-state index in [1.807, 2.05) is 32.9 Å². The Balaban J connectivity index is 1.66. The molecule has 1 aromatic heterocycles. The van der Waals surface area contributed by atoms with Crippen LogP contribution in [0.5, 0.6) is 5.75 Å². The van der Waals surface area contributed by atoms with Crippen LogP contribution in [0.25, 0.3) is 0 Å². The van der Waals surface area contributed by atoms with Gasteiger partial charge in [-0.25, -0.2) is 4.98 Å². The Morgan fingerprint density at radius 2 is 1.92 bits per heavy atom. The highest BCUT2D eigenvalue weighted by atomic mass is 16.5.